The lowest BCUT2D eigenvalue weighted by molar-refractivity contribution is 0.342. The Morgan fingerprint density at radius 3 is 2.62 bits per heavy atom. The molecule has 1 nitrogen and oxygen atoms in total. The molecular weight excluding hydrogens is 214 g/mol. The van der Waals surface area contributed by atoms with Crippen molar-refractivity contribution in [2.24, 2.45) is 11.1 Å². The number of thiophene rings is 1. The van der Waals surface area contributed by atoms with Crippen molar-refractivity contribution in [3.05, 3.63) is 22.4 Å². The molecule has 1 rings (SSSR count). The first-order valence-corrected chi connectivity index (χ1v) is 7.13. The van der Waals surface area contributed by atoms with E-state index in [1.807, 2.05) is 11.3 Å². The van der Waals surface area contributed by atoms with E-state index >= 15 is 0 Å². The predicted molar refractivity (Wildman–Crippen MR) is 73.9 cm³/mol. The van der Waals surface area contributed by atoms with E-state index in [2.05, 4.69) is 38.3 Å². The van der Waals surface area contributed by atoms with Crippen LogP contribution >= 0.6 is 11.3 Å². The van der Waals surface area contributed by atoms with Crippen LogP contribution in [0.2, 0.25) is 0 Å². The molecule has 0 aromatic carbocycles. The van der Waals surface area contributed by atoms with Crippen LogP contribution in [0.15, 0.2) is 17.5 Å². The van der Waals surface area contributed by atoms with Crippen molar-refractivity contribution in [1.82, 2.24) is 0 Å². The summed E-state index contributed by atoms with van der Waals surface area (Å²) >= 11 is 1.85. The molecule has 0 aliphatic heterocycles. The van der Waals surface area contributed by atoms with Gasteiger partial charge >= 0.3 is 0 Å². The normalized spacial score (nSPS) is 14.0. The summed E-state index contributed by atoms with van der Waals surface area (Å²) in [6.07, 6.45) is 5.97. The summed E-state index contributed by atoms with van der Waals surface area (Å²) in [5.41, 5.74) is 6.55. The van der Waals surface area contributed by atoms with Crippen LogP contribution in [0.1, 0.15) is 51.3 Å². The van der Waals surface area contributed by atoms with Crippen LogP contribution in [-0.2, 0) is 6.42 Å². The highest BCUT2D eigenvalue weighted by molar-refractivity contribution is 7.09. The summed E-state index contributed by atoms with van der Waals surface area (Å²) in [6, 6.07) is 4.73. The Labute approximate surface area is 104 Å². The molecule has 16 heavy (non-hydrogen) atoms. The lowest BCUT2D eigenvalue weighted by atomic mass is 9.88. The number of rotatable bonds is 6. The number of hydrogen-bond acceptors (Lipinski definition) is 2. The zero-order valence-electron chi connectivity index (χ0n) is 10.8. The van der Waals surface area contributed by atoms with Crippen molar-refractivity contribution in [2.75, 3.05) is 0 Å². The van der Waals surface area contributed by atoms with E-state index in [4.69, 9.17) is 5.73 Å². The molecule has 92 valence electrons. The van der Waals surface area contributed by atoms with Crippen molar-refractivity contribution >= 4 is 11.3 Å². The van der Waals surface area contributed by atoms with Crippen LogP contribution in [0.25, 0.3) is 0 Å². The van der Waals surface area contributed by atoms with Crippen molar-refractivity contribution in [3.63, 3.8) is 0 Å². The molecule has 0 bridgehead atoms. The van der Waals surface area contributed by atoms with Gasteiger partial charge < -0.3 is 5.73 Å². The minimum absolute atomic E-state index is 0.388. The van der Waals surface area contributed by atoms with Gasteiger partial charge in [0.25, 0.3) is 0 Å². The molecule has 0 amide bonds. The first-order chi connectivity index (χ1) is 7.47. The molecule has 0 saturated heterocycles. The van der Waals surface area contributed by atoms with Crippen LogP contribution in [0, 0.1) is 5.41 Å². The summed E-state index contributed by atoms with van der Waals surface area (Å²) in [5, 5.41) is 2.15. The van der Waals surface area contributed by atoms with Gasteiger partial charge in [0, 0.05) is 10.9 Å². The standard InChI is InChI=1S/C14H25NS/c1-14(2,3)10-9-12(15)6-4-7-13-8-5-11-16-13/h5,8,11-12H,4,6-7,9-10,15H2,1-3H3. The maximum absolute atomic E-state index is 6.12. The molecule has 0 radical (unpaired) electrons. The Morgan fingerprint density at radius 2 is 2.06 bits per heavy atom. The van der Waals surface area contributed by atoms with Gasteiger partial charge in [0.15, 0.2) is 0 Å². The Hall–Kier alpha value is -0.340. The van der Waals surface area contributed by atoms with Gasteiger partial charge in [-0.2, -0.15) is 0 Å². The van der Waals surface area contributed by atoms with Gasteiger partial charge in [-0.15, -0.1) is 11.3 Å². The number of nitrogens with two attached hydrogens (primary N) is 1. The van der Waals surface area contributed by atoms with Crippen LogP contribution in [0.4, 0.5) is 0 Å². The van der Waals surface area contributed by atoms with Gasteiger partial charge in [-0.1, -0.05) is 26.8 Å². The minimum atomic E-state index is 0.388. The van der Waals surface area contributed by atoms with Crippen molar-refractivity contribution in [1.29, 1.82) is 0 Å². The van der Waals surface area contributed by atoms with Gasteiger partial charge in [-0.05, 0) is 49.0 Å². The topological polar surface area (TPSA) is 26.0 Å². The molecule has 0 aliphatic carbocycles. The van der Waals surface area contributed by atoms with Crippen LogP contribution in [-0.4, -0.2) is 6.04 Å². The van der Waals surface area contributed by atoms with Crippen molar-refractivity contribution in [3.8, 4) is 0 Å². The van der Waals surface area contributed by atoms with E-state index in [9.17, 15) is 0 Å². The summed E-state index contributed by atoms with van der Waals surface area (Å²) in [7, 11) is 0. The SMILES string of the molecule is CC(C)(C)CCC(N)CCCc1cccs1. The monoisotopic (exact) mass is 239 g/mol. The average molecular weight is 239 g/mol. The highest BCUT2D eigenvalue weighted by atomic mass is 32.1. The zero-order valence-corrected chi connectivity index (χ0v) is 11.6. The Balaban J connectivity index is 2.09. The Bertz CT molecular complexity index is 271. The van der Waals surface area contributed by atoms with Crippen molar-refractivity contribution < 1.29 is 0 Å². The Kier molecular flexibility index (Phi) is 5.50. The summed E-state index contributed by atoms with van der Waals surface area (Å²) in [4.78, 5) is 1.49. The Morgan fingerprint density at radius 1 is 1.31 bits per heavy atom. The molecule has 1 unspecified atom stereocenters. The summed E-state index contributed by atoms with van der Waals surface area (Å²) in [5.74, 6) is 0. The third kappa shape index (κ3) is 6.29. The molecule has 1 aromatic rings. The fourth-order valence-corrected chi connectivity index (χ4v) is 2.51. The molecule has 0 fully saturated rings. The maximum Gasteiger partial charge on any atom is 0.00452 e. The van der Waals surface area contributed by atoms with E-state index in [0.29, 0.717) is 11.5 Å². The lowest BCUT2D eigenvalue weighted by Gasteiger charge is -2.20. The quantitative estimate of drug-likeness (QED) is 0.790. The highest BCUT2D eigenvalue weighted by Crippen LogP contribution is 2.22. The molecular formula is C14H25NS. The summed E-state index contributed by atoms with van der Waals surface area (Å²) < 4.78 is 0. The second-order valence-electron chi connectivity index (χ2n) is 5.83. The highest BCUT2D eigenvalue weighted by Gasteiger charge is 2.12. The van der Waals surface area contributed by atoms with Crippen LogP contribution in [0.5, 0.6) is 0 Å². The molecule has 0 aliphatic rings. The van der Waals surface area contributed by atoms with E-state index in [1.54, 1.807) is 0 Å². The van der Waals surface area contributed by atoms with E-state index in [-0.39, 0.29) is 0 Å². The average Bonchev–Trinajstić information content (AvgIpc) is 2.66. The molecule has 1 heterocycles. The summed E-state index contributed by atoms with van der Waals surface area (Å²) in [6.45, 7) is 6.85. The van der Waals surface area contributed by atoms with Crippen LogP contribution < -0.4 is 5.73 Å². The predicted octanol–water partition coefficient (Wildman–Crippen LogP) is 4.22. The molecule has 2 N–H and O–H groups in total. The largest absolute Gasteiger partial charge is 0.328 e. The fraction of sp³-hybridized carbons (Fsp3) is 0.714. The number of hydrogen-bond donors (Lipinski definition) is 1. The fourth-order valence-electron chi connectivity index (χ4n) is 1.76. The molecule has 0 spiro atoms. The van der Waals surface area contributed by atoms with Gasteiger partial charge in [-0.25, -0.2) is 0 Å². The second-order valence-corrected chi connectivity index (χ2v) is 6.86. The minimum Gasteiger partial charge on any atom is -0.328 e. The maximum atomic E-state index is 6.12. The molecule has 1 aromatic heterocycles. The lowest BCUT2D eigenvalue weighted by Crippen LogP contribution is -2.22. The molecule has 2 heteroatoms. The van der Waals surface area contributed by atoms with Gasteiger partial charge in [0.05, 0.1) is 0 Å². The van der Waals surface area contributed by atoms with Gasteiger partial charge in [-0.3, -0.25) is 0 Å². The van der Waals surface area contributed by atoms with Gasteiger partial charge in [0.1, 0.15) is 0 Å². The molecule has 0 saturated carbocycles. The third-order valence-electron chi connectivity index (χ3n) is 2.84. The van der Waals surface area contributed by atoms with E-state index in [0.717, 1.165) is 12.8 Å². The van der Waals surface area contributed by atoms with Gasteiger partial charge in [0.2, 0.25) is 0 Å². The van der Waals surface area contributed by atoms with E-state index in [1.165, 1.54) is 24.1 Å². The number of aryl methyl sites for hydroxylation is 1. The first-order valence-electron chi connectivity index (χ1n) is 6.25. The second kappa shape index (κ2) is 6.41. The van der Waals surface area contributed by atoms with Crippen LogP contribution in [0.3, 0.4) is 0 Å². The molecule has 1 atom stereocenters. The first kappa shape index (κ1) is 13.7. The third-order valence-corrected chi connectivity index (χ3v) is 3.78. The van der Waals surface area contributed by atoms with Crippen molar-refractivity contribution in [2.45, 2.75) is 58.9 Å². The van der Waals surface area contributed by atoms with E-state index < -0.39 is 0 Å². The smallest absolute Gasteiger partial charge is 0.00452 e. The zero-order chi connectivity index (χ0) is 12.0.